The molecule has 2 aromatic rings. The van der Waals surface area contributed by atoms with Crippen molar-refractivity contribution in [3.63, 3.8) is 0 Å². The average Bonchev–Trinajstić information content (AvgIpc) is 2.70. The van der Waals surface area contributed by atoms with Gasteiger partial charge in [0.05, 0.1) is 15.5 Å². The van der Waals surface area contributed by atoms with Crippen LogP contribution in [-0.4, -0.2) is 21.0 Å². The number of carboxylic acids is 1. The van der Waals surface area contributed by atoms with E-state index in [1.165, 1.54) is 18.0 Å². The molecule has 0 spiro atoms. The Hall–Kier alpha value is -1.40. The van der Waals surface area contributed by atoms with Crippen LogP contribution in [-0.2, 0) is 0 Å². The maximum Gasteiger partial charge on any atom is 0.339 e. The highest BCUT2D eigenvalue weighted by Gasteiger charge is 2.10. The maximum atomic E-state index is 10.8. The summed E-state index contributed by atoms with van der Waals surface area (Å²) in [6, 6.07) is 3.92. The summed E-state index contributed by atoms with van der Waals surface area (Å²) in [5, 5.41) is 11.4. The molecule has 0 aromatic carbocycles. The van der Waals surface area contributed by atoms with E-state index in [9.17, 15) is 4.79 Å². The Kier molecular flexibility index (Phi) is 3.21. The van der Waals surface area contributed by atoms with Gasteiger partial charge in [0.25, 0.3) is 0 Å². The van der Waals surface area contributed by atoms with Crippen molar-refractivity contribution < 1.29 is 9.90 Å². The molecule has 0 fully saturated rings. The second-order valence-electron chi connectivity index (χ2n) is 2.99. The molecule has 1 N–H and O–H groups in total. The lowest BCUT2D eigenvalue weighted by atomic mass is 10.2. The van der Waals surface area contributed by atoms with Crippen molar-refractivity contribution >= 4 is 29.1 Å². The first-order chi connectivity index (χ1) is 7.66. The van der Waals surface area contributed by atoms with E-state index in [0.29, 0.717) is 10.9 Å². The lowest BCUT2D eigenvalue weighted by Gasteiger charge is -2.01. The van der Waals surface area contributed by atoms with Gasteiger partial charge in [0, 0.05) is 6.20 Å². The minimum atomic E-state index is -0.995. The summed E-state index contributed by atoms with van der Waals surface area (Å²) in [6.45, 7) is 1.67. The number of rotatable bonds is 3. The van der Waals surface area contributed by atoms with Crippen molar-refractivity contribution in [3.8, 4) is 0 Å². The highest BCUT2D eigenvalue weighted by Crippen LogP contribution is 2.28. The molecule has 0 aliphatic rings. The van der Waals surface area contributed by atoms with Crippen molar-refractivity contribution in [1.82, 2.24) is 9.97 Å². The van der Waals surface area contributed by atoms with Gasteiger partial charge in [-0.3, -0.25) is 0 Å². The number of carboxylic acid groups (broad SMARTS) is 1. The first-order valence-corrected chi connectivity index (χ1v) is 6.14. The number of nitrogens with zero attached hydrogens (tertiary/aromatic N) is 2. The molecule has 2 rings (SSSR count). The van der Waals surface area contributed by atoms with E-state index in [1.54, 1.807) is 18.3 Å². The molecule has 0 saturated carbocycles. The minimum Gasteiger partial charge on any atom is -0.478 e. The Morgan fingerprint density at radius 2 is 2.38 bits per heavy atom. The molecule has 0 saturated heterocycles. The molecule has 0 radical (unpaired) electrons. The lowest BCUT2D eigenvalue weighted by Crippen LogP contribution is -2.03. The van der Waals surface area contributed by atoms with Gasteiger partial charge in [0.2, 0.25) is 0 Å². The fourth-order valence-electron chi connectivity index (χ4n) is 1.12. The van der Waals surface area contributed by atoms with Gasteiger partial charge < -0.3 is 5.11 Å². The molecule has 0 aliphatic heterocycles. The Bertz CT molecular complexity index is 512. The van der Waals surface area contributed by atoms with Crippen LogP contribution in [0.5, 0.6) is 0 Å². The largest absolute Gasteiger partial charge is 0.478 e. The summed E-state index contributed by atoms with van der Waals surface area (Å²) in [5.74, 6) is -0.995. The van der Waals surface area contributed by atoms with Gasteiger partial charge in [-0.25, -0.2) is 14.8 Å². The van der Waals surface area contributed by atoms with E-state index in [2.05, 4.69) is 9.97 Å². The topological polar surface area (TPSA) is 63.1 Å². The van der Waals surface area contributed by atoms with Gasteiger partial charge in [-0.1, -0.05) is 6.07 Å². The molecule has 0 unspecified atom stereocenters. The van der Waals surface area contributed by atoms with Gasteiger partial charge in [0.15, 0.2) is 5.16 Å². The van der Waals surface area contributed by atoms with Gasteiger partial charge in [0.1, 0.15) is 0 Å². The SMILES string of the molecule is Cc1nc(Sc2cccs2)ncc1C(=O)O. The summed E-state index contributed by atoms with van der Waals surface area (Å²) >= 11 is 3.03. The molecule has 2 aromatic heterocycles. The molecule has 0 amide bonds. The smallest absolute Gasteiger partial charge is 0.339 e. The van der Waals surface area contributed by atoms with Crippen LogP contribution in [0.25, 0.3) is 0 Å². The van der Waals surface area contributed by atoms with E-state index in [0.717, 1.165) is 4.21 Å². The Balaban J connectivity index is 2.24. The highest BCUT2D eigenvalue weighted by atomic mass is 32.2. The summed E-state index contributed by atoms with van der Waals surface area (Å²) < 4.78 is 1.09. The number of aromatic carboxylic acids is 1. The molecular weight excluding hydrogens is 244 g/mol. The normalized spacial score (nSPS) is 10.3. The number of carbonyl (C=O) groups is 1. The molecule has 6 heteroatoms. The van der Waals surface area contributed by atoms with Crippen LogP contribution in [0.15, 0.2) is 33.1 Å². The second kappa shape index (κ2) is 4.63. The van der Waals surface area contributed by atoms with Crippen LogP contribution < -0.4 is 0 Å². The van der Waals surface area contributed by atoms with E-state index in [-0.39, 0.29) is 5.56 Å². The van der Waals surface area contributed by atoms with Crippen molar-refractivity contribution in [2.45, 2.75) is 16.3 Å². The molecule has 0 aliphatic carbocycles. The maximum absolute atomic E-state index is 10.8. The predicted molar refractivity (Wildman–Crippen MR) is 62.2 cm³/mol. The Morgan fingerprint density at radius 1 is 1.56 bits per heavy atom. The first-order valence-electron chi connectivity index (χ1n) is 4.45. The third-order valence-corrected chi connectivity index (χ3v) is 3.79. The summed E-state index contributed by atoms with van der Waals surface area (Å²) in [7, 11) is 0. The van der Waals surface area contributed by atoms with Crippen molar-refractivity contribution in [2.24, 2.45) is 0 Å². The van der Waals surface area contributed by atoms with E-state index in [4.69, 9.17) is 5.11 Å². The fraction of sp³-hybridized carbons (Fsp3) is 0.100. The zero-order valence-corrected chi connectivity index (χ0v) is 10.0. The third kappa shape index (κ3) is 2.40. The zero-order chi connectivity index (χ0) is 11.5. The number of aryl methyl sites for hydroxylation is 1. The molecular formula is C10H8N2O2S2. The summed E-state index contributed by atoms with van der Waals surface area (Å²) in [4.78, 5) is 18.9. The van der Waals surface area contributed by atoms with Gasteiger partial charge in [-0.05, 0) is 30.1 Å². The molecule has 82 valence electrons. The molecule has 4 nitrogen and oxygen atoms in total. The van der Waals surface area contributed by atoms with Gasteiger partial charge >= 0.3 is 5.97 Å². The van der Waals surface area contributed by atoms with Gasteiger partial charge in [-0.15, -0.1) is 11.3 Å². The standard InChI is InChI=1S/C10H8N2O2S2/c1-6-7(9(13)14)5-11-10(12-6)16-8-3-2-4-15-8/h2-5H,1H3,(H,13,14). The average molecular weight is 252 g/mol. The molecule has 16 heavy (non-hydrogen) atoms. The Morgan fingerprint density at radius 3 is 2.94 bits per heavy atom. The molecule has 2 heterocycles. The van der Waals surface area contributed by atoms with Crippen molar-refractivity contribution in [1.29, 1.82) is 0 Å². The molecule has 0 atom stereocenters. The van der Waals surface area contributed by atoms with Crippen LogP contribution in [0.1, 0.15) is 16.1 Å². The number of hydrogen-bond donors (Lipinski definition) is 1. The van der Waals surface area contributed by atoms with E-state index in [1.807, 2.05) is 17.5 Å². The van der Waals surface area contributed by atoms with Crippen LogP contribution in [0.2, 0.25) is 0 Å². The fourth-order valence-corrected chi connectivity index (χ4v) is 2.76. The number of thiophene rings is 1. The predicted octanol–water partition coefficient (Wildman–Crippen LogP) is 2.70. The first kappa shape index (κ1) is 11.1. The van der Waals surface area contributed by atoms with Crippen LogP contribution in [0.4, 0.5) is 0 Å². The lowest BCUT2D eigenvalue weighted by molar-refractivity contribution is 0.0695. The van der Waals surface area contributed by atoms with Crippen LogP contribution in [0, 0.1) is 6.92 Å². The highest BCUT2D eigenvalue weighted by molar-refractivity contribution is 8.01. The third-order valence-electron chi connectivity index (χ3n) is 1.87. The van der Waals surface area contributed by atoms with E-state index < -0.39 is 5.97 Å². The quantitative estimate of drug-likeness (QED) is 0.851. The summed E-state index contributed by atoms with van der Waals surface area (Å²) in [6.07, 6.45) is 1.35. The minimum absolute atomic E-state index is 0.149. The number of hydrogen-bond acceptors (Lipinski definition) is 5. The van der Waals surface area contributed by atoms with Crippen molar-refractivity contribution in [2.75, 3.05) is 0 Å². The van der Waals surface area contributed by atoms with Crippen LogP contribution >= 0.6 is 23.1 Å². The number of aromatic nitrogens is 2. The van der Waals surface area contributed by atoms with Crippen molar-refractivity contribution in [3.05, 3.63) is 35.0 Å². The van der Waals surface area contributed by atoms with E-state index >= 15 is 0 Å². The summed E-state index contributed by atoms with van der Waals surface area (Å²) in [5.41, 5.74) is 0.636. The second-order valence-corrected chi connectivity index (χ2v) is 5.21. The zero-order valence-electron chi connectivity index (χ0n) is 8.38. The monoisotopic (exact) mass is 252 g/mol. The van der Waals surface area contributed by atoms with Crippen LogP contribution in [0.3, 0.4) is 0 Å². The molecule has 0 bridgehead atoms. The Labute approximate surface area is 100 Å². The van der Waals surface area contributed by atoms with Gasteiger partial charge in [-0.2, -0.15) is 0 Å².